The fourth-order valence-corrected chi connectivity index (χ4v) is 5.14. The van der Waals surface area contributed by atoms with Crippen LogP contribution < -0.4 is 26.4 Å². The SMILES string of the molecule is C#CCN.C#CCNC(=O)CCSCCN(CCNC(=O)CC)C(=O)CC.CCC(=O)NCCN(CCSCCC(=O)NS)C(=O)CC. The van der Waals surface area contributed by atoms with E-state index in [9.17, 15) is 28.8 Å². The highest BCUT2D eigenvalue weighted by Crippen LogP contribution is 2.06. The third-order valence-corrected chi connectivity index (χ3v) is 8.13. The number of thiol groups is 1. The first-order valence-electron chi connectivity index (χ1n) is 16.0. The lowest BCUT2D eigenvalue weighted by Crippen LogP contribution is -2.39. The molecule has 0 fully saturated rings. The van der Waals surface area contributed by atoms with Crippen LogP contribution in [0.15, 0.2) is 0 Å². The van der Waals surface area contributed by atoms with E-state index in [1.54, 1.807) is 47.2 Å². The van der Waals surface area contributed by atoms with E-state index in [-0.39, 0.29) is 42.0 Å². The van der Waals surface area contributed by atoms with Gasteiger partial charge >= 0.3 is 0 Å². The van der Waals surface area contributed by atoms with Crippen molar-refractivity contribution in [3.63, 3.8) is 0 Å². The molecule has 0 spiro atoms. The van der Waals surface area contributed by atoms with Crippen LogP contribution in [0.25, 0.3) is 0 Å². The summed E-state index contributed by atoms with van der Waals surface area (Å²) in [5.74, 6) is 7.46. The summed E-state index contributed by atoms with van der Waals surface area (Å²) >= 11 is 6.92. The minimum Gasteiger partial charge on any atom is -0.354 e. The Labute approximate surface area is 302 Å². The van der Waals surface area contributed by atoms with Gasteiger partial charge in [0.25, 0.3) is 0 Å². The summed E-state index contributed by atoms with van der Waals surface area (Å²) in [6.45, 7) is 11.1. The van der Waals surface area contributed by atoms with Crippen LogP contribution in [0, 0.1) is 24.7 Å². The van der Waals surface area contributed by atoms with Crippen LogP contribution in [0.4, 0.5) is 0 Å². The van der Waals surface area contributed by atoms with Crippen LogP contribution >= 0.6 is 36.3 Å². The molecule has 0 aromatic carbocycles. The Morgan fingerprint density at radius 1 is 0.625 bits per heavy atom. The zero-order valence-electron chi connectivity index (χ0n) is 29.1. The molecule has 0 saturated carbocycles. The van der Waals surface area contributed by atoms with Gasteiger partial charge in [0.1, 0.15) is 0 Å². The molecule has 0 bridgehead atoms. The number of thioether (sulfide) groups is 2. The number of rotatable bonds is 23. The lowest BCUT2D eigenvalue weighted by molar-refractivity contribution is -0.131. The largest absolute Gasteiger partial charge is 0.354 e. The number of nitrogens with two attached hydrogens (primary N) is 1. The summed E-state index contributed by atoms with van der Waals surface area (Å²) in [7, 11) is 0. The number of amides is 6. The van der Waals surface area contributed by atoms with E-state index in [0.717, 1.165) is 11.5 Å². The lowest BCUT2D eigenvalue weighted by Gasteiger charge is -2.22. The molecule has 6 N–H and O–H groups in total. The highest BCUT2D eigenvalue weighted by molar-refractivity contribution is 7.99. The van der Waals surface area contributed by atoms with Gasteiger partial charge in [-0.15, -0.1) is 12.8 Å². The van der Waals surface area contributed by atoms with Crippen molar-refractivity contribution >= 4 is 71.8 Å². The first-order valence-corrected chi connectivity index (χ1v) is 18.8. The molecule has 0 aromatic rings. The Morgan fingerprint density at radius 3 is 1.38 bits per heavy atom. The van der Waals surface area contributed by atoms with Crippen molar-refractivity contribution in [1.82, 2.24) is 30.5 Å². The molecule has 274 valence electrons. The molecule has 16 heteroatoms. The Hall–Kier alpha value is -3.05. The van der Waals surface area contributed by atoms with Gasteiger partial charge in [-0.05, 0) is 0 Å². The van der Waals surface area contributed by atoms with Gasteiger partial charge in [-0.1, -0.05) is 52.4 Å². The average molecular weight is 732 g/mol. The first-order chi connectivity index (χ1) is 23.0. The first kappa shape index (κ1) is 49.3. The number of terminal acetylenes is 2. The number of carbonyl (C=O) groups is 6. The Balaban J connectivity index is -0.000000760. The maximum atomic E-state index is 11.9. The topological polar surface area (TPSA) is 183 Å². The van der Waals surface area contributed by atoms with Crippen molar-refractivity contribution in [2.45, 2.75) is 66.2 Å². The quantitative estimate of drug-likeness (QED) is 0.0508. The minimum absolute atomic E-state index is 0.00830. The van der Waals surface area contributed by atoms with Crippen LogP contribution in [0.5, 0.6) is 0 Å². The van der Waals surface area contributed by atoms with Crippen molar-refractivity contribution in [2.75, 3.05) is 75.4 Å². The summed E-state index contributed by atoms with van der Waals surface area (Å²) < 4.78 is 2.27. The zero-order chi connectivity index (χ0) is 37.0. The van der Waals surface area contributed by atoms with E-state index in [0.29, 0.717) is 95.8 Å². The number of hydrogen-bond acceptors (Lipinski definition) is 10. The lowest BCUT2D eigenvalue weighted by atomic mass is 10.3. The van der Waals surface area contributed by atoms with E-state index in [1.807, 2.05) is 13.8 Å². The van der Waals surface area contributed by atoms with Crippen LogP contribution in [-0.2, 0) is 28.8 Å². The van der Waals surface area contributed by atoms with Crippen LogP contribution in [0.1, 0.15) is 66.2 Å². The Bertz CT molecular complexity index is 1010. The number of nitrogens with one attached hydrogen (secondary N) is 4. The molecule has 48 heavy (non-hydrogen) atoms. The highest BCUT2D eigenvalue weighted by Gasteiger charge is 2.12. The molecule has 0 aliphatic heterocycles. The molecule has 0 rings (SSSR count). The third-order valence-electron chi connectivity index (χ3n) is 5.95. The van der Waals surface area contributed by atoms with Crippen molar-refractivity contribution < 1.29 is 28.8 Å². The molecule has 0 heterocycles. The Morgan fingerprint density at radius 2 is 1.04 bits per heavy atom. The molecule has 13 nitrogen and oxygen atoms in total. The van der Waals surface area contributed by atoms with E-state index in [4.69, 9.17) is 12.2 Å². The van der Waals surface area contributed by atoms with Gasteiger partial charge in [-0.2, -0.15) is 23.5 Å². The molecule has 0 radical (unpaired) electrons. The summed E-state index contributed by atoms with van der Waals surface area (Å²) in [5, 5.41) is 8.14. The van der Waals surface area contributed by atoms with Gasteiger partial charge in [0, 0.05) is 101 Å². The normalized spacial score (nSPS) is 9.50. The van der Waals surface area contributed by atoms with Crippen molar-refractivity contribution in [3.05, 3.63) is 0 Å². The molecule has 0 aliphatic carbocycles. The highest BCUT2D eigenvalue weighted by atomic mass is 32.2. The Kier molecular flexibility index (Phi) is 37.8. The summed E-state index contributed by atoms with van der Waals surface area (Å²) in [4.78, 5) is 71.9. The second kappa shape index (κ2) is 36.8. The third kappa shape index (κ3) is 32.9. The van der Waals surface area contributed by atoms with E-state index in [1.165, 1.54) is 0 Å². The van der Waals surface area contributed by atoms with Gasteiger partial charge in [-0.3, -0.25) is 28.8 Å². The van der Waals surface area contributed by atoms with Gasteiger partial charge in [0.15, 0.2) is 0 Å². The molecular formula is C32H57N7O6S3. The minimum atomic E-state index is -0.102. The molecule has 0 unspecified atom stereocenters. The van der Waals surface area contributed by atoms with Gasteiger partial charge in [0.05, 0.1) is 13.1 Å². The summed E-state index contributed by atoms with van der Waals surface area (Å²) in [6.07, 6.45) is 12.3. The second-order valence-corrected chi connectivity index (χ2v) is 12.2. The number of nitrogens with zero attached hydrogens (tertiary/aromatic N) is 2. The number of hydrogen-bond donors (Lipinski definition) is 6. The fraction of sp³-hybridized carbons (Fsp3) is 0.688. The van der Waals surface area contributed by atoms with E-state index < -0.39 is 0 Å². The van der Waals surface area contributed by atoms with Crippen molar-refractivity contribution in [1.29, 1.82) is 0 Å². The smallest absolute Gasteiger partial charge is 0.230 e. The number of carbonyl (C=O) groups excluding carboxylic acids is 6. The van der Waals surface area contributed by atoms with Crippen molar-refractivity contribution in [2.24, 2.45) is 5.73 Å². The standard InChI is InChI=1S/C16H27N3O3S.C13H25N3O3S2.C3H5N/c1-4-8-17-15(21)7-12-23-13-11-19(16(22)6-3)10-9-18-14(20)5-2;1-3-11(17)14-6-7-16(13(19)4-2)8-10-21-9-5-12(18)15-20;1-2-3-4/h1H,5-13H2,2-3H3,(H,17,21)(H,18,20);20H,3-10H2,1-2H3,(H,14,17)(H,15,18);1H,3-4H2. The predicted octanol–water partition coefficient (Wildman–Crippen LogP) is 1.04. The molecule has 0 saturated heterocycles. The van der Waals surface area contributed by atoms with Crippen molar-refractivity contribution in [3.8, 4) is 24.7 Å². The predicted molar refractivity (Wildman–Crippen MR) is 201 cm³/mol. The van der Waals surface area contributed by atoms with Gasteiger partial charge < -0.3 is 36.2 Å². The fourth-order valence-electron chi connectivity index (χ4n) is 3.26. The maximum Gasteiger partial charge on any atom is 0.230 e. The van der Waals surface area contributed by atoms with Gasteiger partial charge in [-0.25, -0.2) is 0 Å². The second-order valence-electron chi connectivity index (χ2n) is 9.52. The molecular weight excluding hydrogens is 675 g/mol. The van der Waals surface area contributed by atoms with Gasteiger partial charge in [0.2, 0.25) is 35.4 Å². The summed E-state index contributed by atoms with van der Waals surface area (Å²) in [6, 6.07) is 0. The molecule has 0 aromatic heterocycles. The van der Waals surface area contributed by atoms with Crippen LogP contribution in [0.3, 0.4) is 0 Å². The van der Waals surface area contributed by atoms with E-state index in [2.05, 4.69) is 51.8 Å². The molecule has 6 amide bonds. The zero-order valence-corrected chi connectivity index (χ0v) is 31.6. The maximum absolute atomic E-state index is 11.9. The van der Waals surface area contributed by atoms with E-state index >= 15 is 0 Å². The monoisotopic (exact) mass is 731 g/mol. The summed E-state index contributed by atoms with van der Waals surface area (Å²) in [5.41, 5.74) is 4.79. The van der Waals surface area contributed by atoms with Crippen LogP contribution in [-0.4, -0.2) is 121 Å². The van der Waals surface area contributed by atoms with Crippen LogP contribution in [0.2, 0.25) is 0 Å². The average Bonchev–Trinajstić information content (AvgIpc) is 3.11. The molecule has 0 aliphatic rings. The molecule has 0 atom stereocenters.